The van der Waals surface area contributed by atoms with Crippen molar-refractivity contribution in [1.82, 2.24) is 4.90 Å². The summed E-state index contributed by atoms with van der Waals surface area (Å²) in [5.41, 5.74) is 0.0103. The third-order valence-corrected chi connectivity index (χ3v) is 2.91. The van der Waals surface area contributed by atoms with Crippen LogP contribution in [0.3, 0.4) is 0 Å². The number of nitrogens with zero attached hydrogens (tertiary/aromatic N) is 2. The van der Waals surface area contributed by atoms with E-state index in [0.29, 0.717) is 6.54 Å². The molecule has 0 bridgehead atoms. The minimum Gasteiger partial charge on any atom is -0.481 e. The number of carbonyl (C=O) groups excluding carboxylic acids is 1. The lowest BCUT2D eigenvalue weighted by atomic mass is 10.1. The van der Waals surface area contributed by atoms with Crippen molar-refractivity contribution in [2.45, 2.75) is 26.3 Å². The number of carbonyl (C=O) groups is 2. The van der Waals surface area contributed by atoms with Gasteiger partial charge in [0.2, 0.25) is 0 Å². The Morgan fingerprint density at radius 3 is 2.60 bits per heavy atom. The number of rotatable bonds is 6. The molecule has 1 aromatic rings. The first kappa shape index (κ1) is 15.6. The fourth-order valence-electron chi connectivity index (χ4n) is 1.94. The summed E-state index contributed by atoms with van der Waals surface area (Å²) >= 11 is 0. The molecule has 7 nitrogen and oxygen atoms in total. The molecule has 0 saturated heterocycles. The van der Waals surface area contributed by atoms with Crippen LogP contribution < -0.4 is 0 Å². The summed E-state index contributed by atoms with van der Waals surface area (Å²) in [4.78, 5) is 34.5. The Morgan fingerprint density at radius 2 is 2.10 bits per heavy atom. The molecule has 0 radical (unpaired) electrons. The Labute approximate surface area is 116 Å². The summed E-state index contributed by atoms with van der Waals surface area (Å²) in [6, 6.07) is 4.92. The molecule has 0 aliphatic rings. The number of hydrogen-bond donors (Lipinski definition) is 1. The summed E-state index contributed by atoms with van der Waals surface area (Å²) < 4.78 is 0. The van der Waals surface area contributed by atoms with Gasteiger partial charge in [-0.15, -0.1) is 0 Å². The molecule has 20 heavy (non-hydrogen) atoms. The average molecular weight is 280 g/mol. The van der Waals surface area contributed by atoms with Crippen molar-refractivity contribution >= 4 is 17.6 Å². The van der Waals surface area contributed by atoms with Crippen molar-refractivity contribution in [1.29, 1.82) is 0 Å². The van der Waals surface area contributed by atoms with Gasteiger partial charge >= 0.3 is 5.97 Å². The van der Waals surface area contributed by atoms with Gasteiger partial charge < -0.3 is 10.0 Å². The van der Waals surface area contributed by atoms with E-state index < -0.39 is 22.8 Å². The number of nitro benzene ring substituents is 1. The Hall–Kier alpha value is -2.44. The summed E-state index contributed by atoms with van der Waals surface area (Å²) in [6.07, 6.45) is -0.172. The molecule has 0 fully saturated rings. The zero-order valence-corrected chi connectivity index (χ0v) is 11.3. The molecule has 1 rings (SSSR count). The van der Waals surface area contributed by atoms with E-state index >= 15 is 0 Å². The normalized spacial score (nSPS) is 11.7. The van der Waals surface area contributed by atoms with Crippen molar-refractivity contribution in [3.63, 3.8) is 0 Å². The zero-order chi connectivity index (χ0) is 15.3. The third-order valence-electron chi connectivity index (χ3n) is 2.91. The number of aliphatic carboxylic acids is 1. The first-order valence-electron chi connectivity index (χ1n) is 6.14. The highest BCUT2D eigenvalue weighted by molar-refractivity contribution is 5.95. The standard InChI is InChI=1S/C13H16N2O5/c1-3-14(9(2)7-12(16)17)13(18)10-5-4-6-11(8-10)15(19)20/h4-6,8-9H,3,7H2,1-2H3,(H,16,17). The highest BCUT2D eigenvalue weighted by Crippen LogP contribution is 2.16. The molecule has 0 aliphatic heterocycles. The minimum atomic E-state index is -0.997. The molecule has 1 unspecified atom stereocenters. The van der Waals surface area contributed by atoms with Gasteiger partial charge in [0.15, 0.2) is 0 Å². The first-order chi connectivity index (χ1) is 9.36. The van der Waals surface area contributed by atoms with Crippen LogP contribution in [0.1, 0.15) is 30.6 Å². The van der Waals surface area contributed by atoms with E-state index in [1.165, 1.54) is 29.2 Å². The monoisotopic (exact) mass is 280 g/mol. The summed E-state index contributed by atoms with van der Waals surface area (Å²) in [5.74, 6) is -1.41. The van der Waals surface area contributed by atoms with E-state index in [1.807, 2.05) is 0 Å². The predicted octanol–water partition coefficient (Wildman–Crippen LogP) is 1.92. The quantitative estimate of drug-likeness (QED) is 0.633. The number of carboxylic acid groups (broad SMARTS) is 1. The van der Waals surface area contributed by atoms with Crippen molar-refractivity contribution < 1.29 is 19.6 Å². The van der Waals surface area contributed by atoms with E-state index in [-0.39, 0.29) is 17.7 Å². The number of benzene rings is 1. The van der Waals surface area contributed by atoms with Crippen LogP contribution in [0.2, 0.25) is 0 Å². The maximum absolute atomic E-state index is 12.3. The zero-order valence-electron chi connectivity index (χ0n) is 11.3. The maximum atomic E-state index is 12.3. The number of hydrogen-bond acceptors (Lipinski definition) is 4. The summed E-state index contributed by atoms with van der Waals surface area (Å²) in [6.45, 7) is 3.69. The van der Waals surface area contributed by atoms with E-state index in [2.05, 4.69) is 0 Å². The van der Waals surface area contributed by atoms with Gasteiger partial charge in [-0.1, -0.05) is 6.07 Å². The molecule has 108 valence electrons. The van der Waals surface area contributed by atoms with Gasteiger partial charge in [0, 0.05) is 30.3 Å². The molecule has 0 aliphatic carbocycles. The molecule has 0 saturated carbocycles. The molecule has 7 heteroatoms. The number of carboxylic acids is 1. The van der Waals surface area contributed by atoms with Gasteiger partial charge in [0.25, 0.3) is 11.6 Å². The number of non-ortho nitro benzene ring substituents is 1. The highest BCUT2D eigenvalue weighted by atomic mass is 16.6. The third kappa shape index (κ3) is 3.78. The van der Waals surface area contributed by atoms with Crippen LogP contribution in [0.4, 0.5) is 5.69 Å². The van der Waals surface area contributed by atoms with Crippen molar-refractivity contribution in [2.75, 3.05) is 6.54 Å². The van der Waals surface area contributed by atoms with E-state index in [1.54, 1.807) is 13.8 Å². The molecule has 0 aromatic heterocycles. The lowest BCUT2D eigenvalue weighted by Crippen LogP contribution is -2.39. The largest absolute Gasteiger partial charge is 0.481 e. The van der Waals surface area contributed by atoms with E-state index in [4.69, 9.17) is 5.11 Å². The molecule has 1 aromatic carbocycles. The van der Waals surface area contributed by atoms with Gasteiger partial charge in [0.05, 0.1) is 11.3 Å². The van der Waals surface area contributed by atoms with Crippen molar-refractivity contribution in [2.24, 2.45) is 0 Å². The van der Waals surface area contributed by atoms with Crippen LogP contribution in [0.15, 0.2) is 24.3 Å². The topological polar surface area (TPSA) is 101 Å². The molecular formula is C13H16N2O5. The fraction of sp³-hybridized carbons (Fsp3) is 0.385. The lowest BCUT2D eigenvalue weighted by molar-refractivity contribution is -0.384. The molecule has 0 heterocycles. The molecule has 1 amide bonds. The second-order valence-electron chi connectivity index (χ2n) is 4.35. The summed E-state index contributed by atoms with van der Waals surface area (Å²) in [5, 5.41) is 19.5. The lowest BCUT2D eigenvalue weighted by Gasteiger charge is -2.27. The van der Waals surface area contributed by atoms with E-state index in [9.17, 15) is 19.7 Å². The Morgan fingerprint density at radius 1 is 1.45 bits per heavy atom. The second-order valence-corrected chi connectivity index (χ2v) is 4.35. The molecule has 0 spiro atoms. The Kier molecular flexibility index (Phi) is 5.19. The van der Waals surface area contributed by atoms with Crippen LogP contribution in [-0.2, 0) is 4.79 Å². The van der Waals surface area contributed by atoms with Crippen LogP contribution >= 0.6 is 0 Å². The van der Waals surface area contributed by atoms with Gasteiger partial charge in [-0.2, -0.15) is 0 Å². The predicted molar refractivity (Wildman–Crippen MR) is 71.5 cm³/mol. The maximum Gasteiger partial charge on any atom is 0.305 e. The van der Waals surface area contributed by atoms with Crippen LogP contribution in [0.25, 0.3) is 0 Å². The van der Waals surface area contributed by atoms with Gasteiger partial charge in [-0.05, 0) is 19.9 Å². The van der Waals surface area contributed by atoms with E-state index in [0.717, 1.165) is 0 Å². The van der Waals surface area contributed by atoms with Crippen molar-refractivity contribution in [3.05, 3.63) is 39.9 Å². The van der Waals surface area contributed by atoms with Crippen LogP contribution in [0.5, 0.6) is 0 Å². The Bertz CT molecular complexity index is 529. The fourth-order valence-corrected chi connectivity index (χ4v) is 1.94. The number of amides is 1. The second kappa shape index (κ2) is 6.65. The smallest absolute Gasteiger partial charge is 0.305 e. The van der Waals surface area contributed by atoms with Crippen LogP contribution in [-0.4, -0.2) is 39.4 Å². The Balaban J connectivity index is 2.99. The average Bonchev–Trinajstić information content (AvgIpc) is 2.38. The van der Waals surface area contributed by atoms with Crippen molar-refractivity contribution in [3.8, 4) is 0 Å². The van der Waals surface area contributed by atoms with Gasteiger partial charge in [-0.25, -0.2) is 0 Å². The minimum absolute atomic E-state index is 0.169. The van der Waals surface area contributed by atoms with Gasteiger partial charge in [-0.3, -0.25) is 19.7 Å². The first-order valence-corrected chi connectivity index (χ1v) is 6.14. The number of nitro groups is 1. The molecular weight excluding hydrogens is 264 g/mol. The molecule has 1 atom stereocenters. The summed E-state index contributed by atoms with van der Waals surface area (Å²) in [7, 11) is 0. The molecule has 1 N–H and O–H groups in total. The SMILES string of the molecule is CCN(C(=O)c1cccc([N+](=O)[O-])c1)C(C)CC(=O)O. The van der Waals surface area contributed by atoms with Crippen LogP contribution in [0, 0.1) is 10.1 Å². The van der Waals surface area contributed by atoms with Gasteiger partial charge in [0.1, 0.15) is 0 Å². The highest BCUT2D eigenvalue weighted by Gasteiger charge is 2.23.